The number of nitrogens with zero attached hydrogens (tertiary/aromatic N) is 3. The Labute approximate surface area is 97.5 Å². The Bertz CT molecular complexity index is 478. The molecular formula is C10H12N4OS. The highest BCUT2D eigenvalue weighted by atomic mass is 32.2. The van der Waals surface area contributed by atoms with Crippen molar-refractivity contribution in [3.05, 3.63) is 29.7 Å². The standard InChI is InChI=1S/C10H12N4OS/c1-6-7(2)15-8(14-6)5-16-10-9(11)12-3-4-13-10/h3-4H,5H2,1-2H3,(H2,11,12). The maximum atomic E-state index is 5.67. The lowest BCUT2D eigenvalue weighted by Crippen LogP contribution is -1.95. The van der Waals surface area contributed by atoms with Gasteiger partial charge >= 0.3 is 0 Å². The summed E-state index contributed by atoms with van der Waals surface area (Å²) in [6.07, 6.45) is 3.18. The van der Waals surface area contributed by atoms with Crippen molar-refractivity contribution >= 4 is 17.6 Å². The molecule has 0 spiro atoms. The lowest BCUT2D eigenvalue weighted by atomic mass is 10.4. The first kappa shape index (κ1) is 10.9. The van der Waals surface area contributed by atoms with Crippen molar-refractivity contribution in [3.8, 4) is 0 Å². The molecule has 16 heavy (non-hydrogen) atoms. The molecule has 0 fully saturated rings. The highest BCUT2D eigenvalue weighted by molar-refractivity contribution is 7.98. The number of thioether (sulfide) groups is 1. The molecule has 0 unspecified atom stereocenters. The Morgan fingerprint density at radius 1 is 1.31 bits per heavy atom. The summed E-state index contributed by atoms with van der Waals surface area (Å²) < 4.78 is 5.45. The highest BCUT2D eigenvalue weighted by Crippen LogP contribution is 2.24. The molecule has 0 aliphatic carbocycles. The van der Waals surface area contributed by atoms with E-state index in [-0.39, 0.29) is 0 Å². The van der Waals surface area contributed by atoms with Crippen LogP contribution in [0.3, 0.4) is 0 Å². The zero-order valence-electron chi connectivity index (χ0n) is 9.10. The molecule has 2 aromatic heterocycles. The summed E-state index contributed by atoms with van der Waals surface area (Å²) in [5, 5.41) is 0.705. The van der Waals surface area contributed by atoms with Gasteiger partial charge in [-0.2, -0.15) is 0 Å². The Morgan fingerprint density at radius 3 is 2.69 bits per heavy atom. The number of nitrogens with two attached hydrogens (primary N) is 1. The van der Waals surface area contributed by atoms with E-state index in [4.69, 9.17) is 10.2 Å². The molecule has 0 aliphatic heterocycles. The number of anilines is 1. The topological polar surface area (TPSA) is 77.8 Å². The molecule has 2 aromatic rings. The molecular weight excluding hydrogens is 224 g/mol. The first-order chi connectivity index (χ1) is 7.66. The van der Waals surface area contributed by atoms with Crippen molar-refractivity contribution in [3.63, 3.8) is 0 Å². The Balaban J connectivity index is 2.05. The molecule has 0 amide bonds. The van der Waals surface area contributed by atoms with Crippen molar-refractivity contribution in [2.45, 2.75) is 24.6 Å². The molecule has 84 valence electrons. The Hall–Kier alpha value is -1.56. The smallest absolute Gasteiger partial charge is 0.205 e. The molecule has 2 N–H and O–H groups in total. The number of oxazole rings is 1. The van der Waals surface area contributed by atoms with E-state index < -0.39 is 0 Å². The van der Waals surface area contributed by atoms with Gasteiger partial charge < -0.3 is 10.2 Å². The molecule has 0 saturated carbocycles. The van der Waals surface area contributed by atoms with Crippen LogP contribution < -0.4 is 5.73 Å². The molecule has 5 nitrogen and oxygen atoms in total. The first-order valence-corrected chi connectivity index (χ1v) is 5.77. The molecule has 0 bridgehead atoms. The SMILES string of the molecule is Cc1nc(CSc2nccnc2N)oc1C. The number of hydrogen-bond donors (Lipinski definition) is 1. The van der Waals surface area contributed by atoms with Gasteiger partial charge in [-0.25, -0.2) is 15.0 Å². The lowest BCUT2D eigenvalue weighted by molar-refractivity contribution is 0.489. The van der Waals surface area contributed by atoms with E-state index >= 15 is 0 Å². The number of aryl methyl sites for hydroxylation is 2. The van der Waals surface area contributed by atoms with Gasteiger partial charge in [0.2, 0.25) is 5.89 Å². The van der Waals surface area contributed by atoms with E-state index in [1.165, 1.54) is 11.8 Å². The average molecular weight is 236 g/mol. The van der Waals surface area contributed by atoms with Gasteiger partial charge in [-0.3, -0.25) is 0 Å². The fourth-order valence-corrected chi connectivity index (χ4v) is 1.90. The van der Waals surface area contributed by atoms with Crippen LogP contribution in [0.25, 0.3) is 0 Å². The quantitative estimate of drug-likeness (QED) is 0.821. The summed E-state index contributed by atoms with van der Waals surface area (Å²) in [4.78, 5) is 12.4. The predicted octanol–water partition coefficient (Wildman–Crippen LogP) is 1.96. The van der Waals surface area contributed by atoms with E-state index in [9.17, 15) is 0 Å². The second-order valence-corrected chi connectivity index (χ2v) is 4.25. The van der Waals surface area contributed by atoms with Crippen LogP contribution in [0.15, 0.2) is 21.8 Å². The minimum Gasteiger partial charge on any atom is -0.445 e. The number of hydrogen-bond acceptors (Lipinski definition) is 6. The van der Waals surface area contributed by atoms with E-state index in [1.807, 2.05) is 13.8 Å². The van der Waals surface area contributed by atoms with Gasteiger partial charge in [-0.05, 0) is 13.8 Å². The van der Waals surface area contributed by atoms with Crippen molar-refractivity contribution in [1.29, 1.82) is 0 Å². The van der Waals surface area contributed by atoms with Crippen LogP contribution in [0.5, 0.6) is 0 Å². The summed E-state index contributed by atoms with van der Waals surface area (Å²) in [7, 11) is 0. The third-order valence-corrected chi connectivity index (χ3v) is 3.08. The van der Waals surface area contributed by atoms with Gasteiger partial charge in [0.15, 0.2) is 5.82 Å². The minimum atomic E-state index is 0.438. The van der Waals surface area contributed by atoms with Gasteiger partial charge in [0, 0.05) is 12.4 Å². The maximum absolute atomic E-state index is 5.67. The fraction of sp³-hybridized carbons (Fsp3) is 0.300. The van der Waals surface area contributed by atoms with Gasteiger partial charge in [0.05, 0.1) is 11.4 Å². The van der Waals surface area contributed by atoms with Crippen LogP contribution in [0.4, 0.5) is 5.82 Å². The number of rotatable bonds is 3. The number of aromatic nitrogens is 3. The van der Waals surface area contributed by atoms with E-state index in [0.29, 0.717) is 22.5 Å². The van der Waals surface area contributed by atoms with Crippen LogP contribution in [-0.4, -0.2) is 15.0 Å². The van der Waals surface area contributed by atoms with Crippen LogP contribution in [0.1, 0.15) is 17.3 Å². The molecule has 0 saturated heterocycles. The highest BCUT2D eigenvalue weighted by Gasteiger charge is 2.08. The fourth-order valence-electron chi connectivity index (χ4n) is 1.18. The number of nitrogen functional groups attached to an aromatic ring is 1. The average Bonchev–Trinajstić information content (AvgIpc) is 2.57. The Morgan fingerprint density at radius 2 is 2.06 bits per heavy atom. The molecule has 0 aromatic carbocycles. The molecule has 0 radical (unpaired) electrons. The summed E-state index contributed by atoms with van der Waals surface area (Å²) in [6, 6.07) is 0. The predicted molar refractivity (Wildman–Crippen MR) is 62.0 cm³/mol. The third kappa shape index (κ3) is 2.33. The van der Waals surface area contributed by atoms with Crippen molar-refractivity contribution in [2.75, 3.05) is 5.73 Å². The molecule has 2 rings (SSSR count). The van der Waals surface area contributed by atoms with E-state index in [0.717, 1.165) is 11.5 Å². The van der Waals surface area contributed by atoms with Crippen LogP contribution in [-0.2, 0) is 5.75 Å². The second-order valence-electron chi connectivity index (χ2n) is 3.28. The second kappa shape index (κ2) is 4.52. The Kier molecular flexibility index (Phi) is 3.09. The molecule has 2 heterocycles. The van der Waals surface area contributed by atoms with Gasteiger partial charge in [-0.1, -0.05) is 11.8 Å². The van der Waals surface area contributed by atoms with Crippen LogP contribution in [0.2, 0.25) is 0 Å². The first-order valence-electron chi connectivity index (χ1n) is 4.79. The van der Waals surface area contributed by atoms with Crippen molar-refractivity contribution in [2.24, 2.45) is 0 Å². The summed E-state index contributed by atoms with van der Waals surface area (Å²) >= 11 is 1.47. The maximum Gasteiger partial charge on any atom is 0.205 e. The lowest BCUT2D eigenvalue weighted by Gasteiger charge is -1.99. The van der Waals surface area contributed by atoms with Crippen molar-refractivity contribution < 1.29 is 4.42 Å². The van der Waals surface area contributed by atoms with Gasteiger partial charge in [0.25, 0.3) is 0 Å². The normalized spacial score (nSPS) is 10.6. The van der Waals surface area contributed by atoms with Crippen LogP contribution in [0, 0.1) is 13.8 Å². The molecule has 6 heteroatoms. The third-order valence-electron chi connectivity index (χ3n) is 2.10. The molecule has 0 aliphatic rings. The summed E-state index contributed by atoms with van der Waals surface area (Å²) in [5.41, 5.74) is 6.59. The van der Waals surface area contributed by atoms with Crippen LogP contribution >= 0.6 is 11.8 Å². The zero-order valence-corrected chi connectivity index (χ0v) is 9.91. The van der Waals surface area contributed by atoms with Gasteiger partial charge in [-0.15, -0.1) is 0 Å². The molecule has 0 atom stereocenters. The largest absolute Gasteiger partial charge is 0.445 e. The van der Waals surface area contributed by atoms with Gasteiger partial charge in [0.1, 0.15) is 10.8 Å². The zero-order chi connectivity index (χ0) is 11.5. The van der Waals surface area contributed by atoms with Crippen molar-refractivity contribution in [1.82, 2.24) is 15.0 Å². The minimum absolute atomic E-state index is 0.438. The van der Waals surface area contributed by atoms with E-state index in [2.05, 4.69) is 15.0 Å². The monoisotopic (exact) mass is 236 g/mol. The van der Waals surface area contributed by atoms with E-state index in [1.54, 1.807) is 12.4 Å². The summed E-state index contributed by atoms with van der Waals surface area (Å²) in [5.74, 6) is 2.58. The summed E-state index contributed by atoms with van der Waals surface area (Å²) in [6.45, 7) is 3.82.